The van der Waals surface area contributed by atoms with E-state index in [0.29, 0.717) is 19.2 Å². The Morgan fingerprint density at radius 2 is 1.64 bits per heavy atom. The van der Waals surface area contributed by atoms with Crippen molar-refractivity contribution >= 4 is 11.8 Å². The number of piperazine rings is 1. The summed E-state index contributed by atoms with van der Waals surface area (Å²) in [5, 5.41) is 0. The van der Waals surface area contributed by atoms with Crippen molar-refractivity contribution in [2.75, 3.05) is 19.6 Å². The van der Waals surface area contributed by atoms with Crippen LogP contribution in [0.1, 0.15) is 18.1 Å². The Labute approximate surface area is 124 Å². The van der Waals surface area contributed by atoms with Crippen molar-refractivity contribution < 1.29 is 27.2 Å². The number of alkyl halides is 3. The van der Waals surface area contributed by atoms with Gasteiger partial charge in [0.1, 0.15) is 5.82 Å². The van der Waals surface area contributed by atoms with Gasteiger partial charge in [0.2, 0.25) is 0 Å². The standard InChI is InChI=1S/C14H14F4N2O2/c1-2-19-3-4-20(13(22)12(19)21)8-9-5-10(14(16,17)18)7-11(15)6-9/h5-7H,2-4,8H2,1H3. The van der Waals surface area contributed by atoms with Crippen molar-refractivity contribution in [2.45, 2.75) is 19.6 Å². The van der Waals surface area contributed by atoms with Crippen LogP contribution >= 0.6 is 0 Å². The van der Waals surface area contributed by atoms with Crippen LogP contribution in [0.4, 0.5) is 17.6 Å². The van der Waals surface area contributed by atoms with Crippen LogP contribution in [0.15, 0.2) is 18.2 Å². The van der Waals surface area contributed by atoms with Gasteiger partial charge in [-0.1, -0.05) is 0 Å². The highest BCUT2D eigenvalue weighted by molar-refractivity contribution is 6.35. The third-order valence-electron chi connectivity index (χ3n) is 3.44. The van der Waals surface area contributed by atoms with Gasteiger partial charge in [0.05, 0.1) is 5.56 Å². The minimum Gasteiger partial charge on any atom is -0.333 e. The molecule has 120 valence electrons. The monoisotopic (exact) mass is 318 g/mol. The number of amides is 2. The fourth-order valence-electron chi connectivity index (χ4n) is 2.29. The zero-order valence-electron chi connectivity index (χ0n) is 11.8. The van der Waals surface area contributed by atoms with Crippen LogP contribution in [0.25, 0.3) is 0 Å². The highest BCUT2D eigenvalue weighted by atomic mass is 19.4. The molecular weight excluding hydrogens is 304 g/mol. The molecule has 1 heterocycles. The number of nitrogens with zero attached hydrogens (tertiary/aromatic N) is 2. The van der Waals surface area contributed by atoms with Crippen LogP contribution in [0, 0.1) is 5.82 Å². The summed E-state index contributed by atoms with van der Waals surface area (Å²) in [5.41, 5.74) is -1.12. The molecule has 1 saturated heterocycles. The van der Waals surface area contributed by atoms with E-state index in [9.17, 15) is 27.2 Å². The lowest BCUT2D eigenvalue weighted by Gasteiger charge is -2.33. The van der Waals surface area contributed by atoms with Crippen molar-refractivity contribution in [3.05, 3.63) is 35.1 Å². The lowest BCUT2D eigenvalue weighted by molar-refractivity contribution is -0.156. The molecule has 0 spiro atoms. The molecule has 8 heteroatoms. The van der Waals surface area contributed by atoms with E-state index in [1.54, 1.807) is 6.92 Å². The fourth-order valence-corrected chi connectivity index (χ4v) is 2.29. The molecule has 1 aliphatic rings. The average Bonchev–Trinajstić information content (AvgIpc) is 2.43. The second-order valence-corrected chi connectivity index (χ2v) is 4.96. The smallest absolute Gasteiger partial charge is 0.333 e. The Kier molecular flexibility index (Phi) is 4.39. The molecule has 0 N–H and O–H groups in total. The number of carbonyl (C=O) groups is 2. The van der Waals surface area contributed by atoms with Gasteiger partial charge in [-0.3, -0.25) is 9.59 Å². The van der Waals surface area contributed by atoms with Crippen molar-refractivity contribution in [1.82, 2.24) is 9.80 Å². The number of carbonyl (C=O) groups excluding carboxylic acids is 2. The first-order valence-electron chi connectivity index (χ1n) is 6.67. The molecular formula is C14H14F4N2O2. The number of rotatable bonds is 3. The van der Waals surface area contributed by atoms with Gasteiger partial charge in [0, 0.05) is 26.2 Å². The lowest BCUT2D eigenvalue weighted by atomic mass is 10.1. The number of benzene rings is 1. The molecule has 0 atom stereocenters. The van der Waals surface area contributed by atoms with E-state index < -0.39 is 29.4 Å². The number of hydrogen-bond donors (Lipinski definition) is 0. The highest BCUT2D eigenvalue weighted by Crippen LogP contribution is 2.30. The Morgan fingerprint density at radius 3 is 2.23 bits per heavy atom. The normalized spacial score (nSPS) is 16.4. The molecule has 22 heavy (non-hydrogen) atoms. The minimum absolute atomic E-state index is 0.00146. The molecule has 1 aromatic rings. The van der Waals surface area contributed by atoms with Crippen molar-refractivity contribution in [2.24, 2.45) is 0 Å². The fraction of sp³-hybridized carbons (Fsp3) is 0.429. The molecule has 0 saturated carbocycles. The minimum atomic E-state index is -4.67. The predicted octanol–water partition coefficient (Wildman–Crippen LogP) is 2.04. The zero-order chi connectivity index (χ0) is 16.5. The summed E-state index contributed by atoms with van der Waals surface area (Å²) in [6.07, 6.45) is -4.67. The second kappa shape index (κ2) is 5.94. The third-order valence-corrected chi connectivity index (χ3v) is 3.44. The van der Waals surface area contributed by atoms with Gasteiger partial charge in [0.25, 0.3) is 0 Å². The molecule has 0 aromatic heterocycles. The van der Waals surface area contributed by atoms with Crippen LogP contribution in [-0.2, 0) is 22.3 Å². The maximum absolute atomic E-state index is 13.3. The molecule has 1 aliphatic heterocycles. The van der Waals surface area contributed by atoms with Crippen LogP contribution in [0.3, 0.4) is 0 Å². The topological polar surface area (TPSA) is 40.6 Å². The molecule has 2 rings (SSSR count). The molecule has 0 unspecified atom stereocenters. The quantitative estimate of drug-likeness (QED) is 0.632. The molecule has 1 fully saturated rings. The SMILES string of the molecule is CCN1CCN(Cc2cc(F)cc(C(F)(F)F)c2)C(=O)C1=O. The molecule has 0 bridgehead atoms. The zero-order valence-corrected chi connectivity index (χ0v) is 11.8. The molecule has 2 amide bonds. The van der Waals surface area contributed by atoms with Gasteiger partial charge in [-0.25, -0.2) is 4.39 Å². The summed E-state index contributed by atoms with van der Waals surface area (Å²) in [6.45, 7) is 2.39. The van der Waals surface area contributed by atoms with E-state index in [1.807, 2.05) is 0 Å². The first-order valence-corrected chi connectivity index (χ1v) is 6.67. The first-order chi connectivity index (χ1) is 10.2. The van der Waals surface area contributed by atoms with Gasteiger partial charge in [-0.2, -0.15) is 13.2 Å². The molecule has 4 nitrogen and oxygen atoms in total. The number of halogens is 4. The average molecular weight is 318 g/mol. The van der Waals surface area contributed by atoms with Gasteiger partial charge in [-0.15, -0.1) is 0 Å². The highest BCUT2D eigenvalue weighted by Gasteiger charge is 2.33. The van der Waals surface area contributed by atoms with Crippen LogP contribution in [-0.4, -0.2) is 41.2 Å². The van der Waals surface area contributed by atoms with E-state index >= 15 is 0 Å². The largest absolute Gasteiger partial charge is 0.416 e. The summed E-state index contributed by atoms with van der Waals surface area (Å²) in [5.74, 6) is -2.51. The third kappa shape index (κ3) is 3.37. The molecule has 0 aliphatic carbocycles. The van der Waals surface area contributed by atoms with Crippen LogP contribution in [0.5, 0.6) is 0 Å². The lowest BCUT2D eigenvalue weighted by Crippen LogP contribution is -2.53. The molecule has 0 radical (unpaired) electrons. The Balaban J connectivity index is 2.19. The Bertz CT molecular complexity index is 601. The number of hydrogen-bond acceptors (Lipinski definition) is 2. The summed E-state index contributed by atoms with van der Waals surface area (Å²) in [7, 11) is 0. The van der Waals surface area contributed by atoms with E-state index in [2.05, 4.69) is 0 Å². The van der Waals surface area contributed by atoms with Gasteiger partial charge < -0.3 is 9.80 Å². The maximum Gasteiger partial charge on any atom is 0.416 e. The summed E-state index contributed by atoms with van der Waals surface area (Å²) in [4.78, 5) is 26.1. The van der Waals surface area contributed by atoms with Gasteiger partial charge in [0.15, 0.2) is 0 Å². The second-order valence-electron chi connectivity index (χ2n) is 4.96. The Morgan fingerprint density at radius 1 is 1.05 bits per heavy atom. The van der Waals surface area contributed by atoms with Gasteiger partial charge >= 0.3 is 18.0 Å². The van der Waals surface area contributed by atoms with E-state index in [4.69, 9.17) is 0 Å². The van der Waals surface area contributed by atoms with Gasteiger partial charge in [-0.05, 0) is 30.7 Å². The van der Waals surface area contributed by atoms with Crippen LogP contribution < -0.4 is 0 Å². The van der Waals surface area contributed by atoms with E-state index in [0.717, 1.165) is 17.0 Å². The van der Waals surface area contributed by atoms with Crippen LogP contribution in [0.2, 0.25) is 0 Å². The van der Waals surface area contributed by atoms with E-state index in [1.165, 1.54) is 4.90 Å². The number of likely N-dealkylation sites (N-methyl/N-ethyl adjacent to an activating group) is 1. The molecule has 1 aromatic carbocycles. The van der Waals surface area contributed by atoms with Crippen molar-refractivity contribution in [3.8, 4) is 0 Å². The summed E-state index contributed by atoms with van der Waals surface area (Å²) >= 11 is 0. The summed E-state index contributed by atoms with van der Waals surface area (Å²) in [6, 6.07) is 2.11. The van der Waals surface area contributed by atoms with Crippen molar-refractivity contribution in [3.63, 3.8) is 0 Å². The Hall–Kier alpha value is -2.12. The predicted molar refractivity (Wildman–Crippen MR) is 69.1 cm³/mol. The summed E-state index contributed by atoms with van der Waals surface area (Å²) < 4.78 is 51.3. The van der Waals surface area contributed by atoms with Crippen molar-refractivity contribution in [1.29, 1.82) is 0 Å². The maximum atomic E-state index is 13.3. The van der Waals surface area contributed by atoms with E-state index in [-0.39, 0.29) is 18.7 Å². The first kappa shape index (κ1) is 16.3.